The average molecular weight is 337 g/mol. The Morgan fingerprint density at radius 3 is 2.77 bits per heavy atom. The minimum atomic E-state index is -0.662. The van der Waals surface area contributed by atoms with Crippen LogP contribution in [0.5, 0.6) is 0 Å². The first-order valence-corrected chi connectivity index (χ1v) is 9.73. The fourth-order valence-electron chi connectivity index (χ4n) is 3.94. The van der Waals surface area contributed by atoms with Gasteiger partial charge >= 0.3 is 5.97 Å². The molecule has 1 spiro atoms. The van der Waals surface area contributed by atoms with Crippen molar-refractivity contribution in [3.63, 3.8) is 0 Å². The van der Waals surface area contributed by atoms with Gasteiger partial charge in [0.1, 0.15) is 5.25 Å². The maximum Gasteiger partial charge on any atom is 0.307 e. The van der Waals surface area contributed by atoms with E-state index in [4.69, 9.17) is 5.11 Å². The highest BCUT2D eigenvalue weighted by molar-refractivity contribution is 8.00. The van der Waals surface area contributed by atoms with E-state index in [1.807, 2.05) is 4.90 Å². The Bertz CT molecular complexity index is 619. The van der Waals surface area contributed by atoms with Gasteiger partial charge < -0.3 is 10.0 Å². The molecular weight excluding hydrogens is 318 g/mol. The van der Waals surface area contributed by atoms with Crippen molar-refractivity contribution in [2.75, 3.05) is 18.8 Å². The number of carbonyl (C=O) groups excluding carboxylic acids is 1. The Hall–Kier alpha value is -1.01. The second kappa shape index (κ2) is 5.27. The van der Waals surface area contributed by atoms with E-state index in [0.29, 0.717) is 0 Å². The SMILES string of the molecule is O=C(O)C1CC12CCN(C(=O)C1SCCc3sccc31)CC2. The first kappa shape index (κ1) is 14.6. The third kappa shape index (κ3) is 2.27. The lowest BCUT2D eigenvalue weighted by molar-refractivity contribution is -0.139. The number of carboxylic acid groups (broad SMARTS) is 1. The lowest BCUT2D eigenvalue weighted by atomic mass is 9.90. The maximum absolute atomic E-state index is 12.9. The Morgan fingerprint density at radius 2 is 2.09 bits per heavy atom. The predicted molar refractivity (Wildman–Crippen MR) is 87.2 cm³/mol. The number of aliphatic carboxylic acids is 1. The van der Waals surface area contributed by atoms with E-state index in [-0.39, 0.29) is 22.5 Å². The number of piperidine rings is 1. The average Bonchev–Trinajstić information content (AvgIpc) is 3.01. The number of amides is 1. The van der Waals surface area contributed by atoms with Gasteiger partial charge in [-0.05, 0) is 53.9 Å². The summed E-state index contributed by atoms with van der Waals surface area (Å²) in [4.78, 5) is 27.3. The van der Waals surface area contributed by atoms with Gasteiger partial charge in [0.25, 0.3) is 0 Å². The molecule has 1 aromatic rings. The minimum absolute atomic E-state index is 0.00410. The molecular formula is C16H19NO3S2. The molecule has 0 radical (unpaired) electrons. The summed E-state index contributed by atoms with van der Waals surface area (Å²) in [5.74, 6) is 0.414. The van der Waals surface area contributed by atoms with Crippen LogP contribution in [0.3, 0.4) is 0 Å². The van der Waals surface area contributed by atoms with E-state index in [1.54, 1.807) is 23.1 Å². The van der Waals surface area contributed by atoms with Crippen molar-refractivity contribution >= 4 is 35.0 Å². The molecule has 4 rings (SSSR count). The van der Waals surface area contributed by atoms with E-state index in [9.17, 15) is 9.59 Å². The number of carboxylic acids is 1. The van der Waals surface area contributed by atoms with Crippen LogP contribution in [-0.4, -0.2) is 40.7 Å². The number of likely N-dealkylation sites (tertiary alicyclic amines) is 1. The maximum atomic E-state index is 12.9. The van der Waals surface area contributed by atoms with E-state index >= 15 is 0 Å². The second-order valence-electron chi connectivity index (χ2n) is 6.58. The number of hydrogen-bond acceptors (Lipinski definition) is 4. The largest absolute Gasteiger partial charge is 0.481 e. The summed E-state index contributed by atoms with van der Waals surface area (Å²) in [7, 11) is 0. The van der Waals surface area contributed by atoms with Crippen LogP contribution in [0.1, 0.15) is 35.0 Å². The molecule has 1 aromatic heterocycles. The molecule has 3 aliphatic rings. The molecule has 1 amide bonds. The number of carbonyl (C=O) groups is 2. The molecule has 1 N–H and O–H groups in total. The Kier molecular flexibility index (Phi) is 3.49. The first-order chi connectivity index (χ1) is 10.6. The van der Waals surface area contributed by atoms with Gasteiger partial charge in [0.15, 0.2) is 0 Å². The number of hydrogen-bond donors (Lipinski definition) is 1. The summed E-state index contributed by atoms with van der Waals surface area (Å²) in [6, 6.07) is 2.10. The van der Waals surface area contributed by atoms with Crippen molar-refractivity contribution in [1.82, 2.24) is 4.90 Å². The molecule has 22 heavy (non-hydrogen) atoms. The highest BCUT2D eigenvalue weighted by Gasteiger charge is 2.59. The minimum Gasteiger partial charge on any atom is -0.481 e. The summed E-state index contributed by atoms with van der Waals surface area (Å²) in [5, 5.41) is 11.2. The van der Waals surface area contributed by atoms with E-state index < -0.39 is 5.97 Å². The quantitative estimate of drug-likeness (QED) is 0.901. The zero-order chi connectivity index (χ0) is 15.3. The van der Waals surface area contributed by atoms with Gasteiger partial charge in [0.2, 0.25) is 5.91 Å². The molecule has 0 bridgehead atoms. The van der Waals surface area contributed by atoms with Crippen molar-refractivity contribution in [3.8, 4) is 0 Å². The predicted octanol–water partition coefficient (Wildman–Crippen LogP) is 2.79. The van der Waals surface area contributed by atoms with Gasteiger partial charge in [-0.25, -0.2) is 0 Å². The zero-order valence-electron chi connectivity index (χ0n) is 12.3. The van der Waals surface area contributed by atoms with Gasteiger partial charge in [0, 0.05) is 18.0 Å². The van der Waals surface area contributed by atoms with Gasteiger partial charge in [-0.2, -0.15) is 0 Å². The summed E-state index contributed by atoms with van der Waals surface area (Å²) >= 11 is 3.51. The molecule has 2 unspecified atom stereocenters. The highest BCUT2D eigenvalue weighted by Crippen LogP contribution is 2.59. The second-order valence-corrected chi connectivity index (χ2v) is 8.80. The molecule has 2 aliphatic heterocycles. The van der Waals surface area contributed by atoms with Gasteiger partial charge in [-0.3, -0.25) is 9.59 Å². The zero-order valence-corrected chi connectivity index (χ0v) is 13.9. The molecule has 6 heteroatoms. The van der Waals surface area contributed by atoms with E-state index in [2.05, 4.69) is 11.4 Å². The number of rotatable bonds is 2. The number of fused-ring (bicyclic) bond motifs is 1. The number of nitrogens with zero attached hydrogens (tertiary/aromatic N) is 1. The molecule has 2 fully saturated rings. The van der Waals surface area contributed by atoms with Crippen LogP contribution in [0.15, 0.2) is 11.4 Å². The van der Waals surface area contributed by atoms with Gasteiger partial charge in [-0.15, -0.1) is 23.1 Å². The fourth-order valence-corrected chi connectivity index (χ4v) is 6.31. The smallest absolute Gasteiger partial charge is 0.307 e. The Balaban J connectivity index is 1.43. The topological polar surface area (TPSA) is 57.6 Å². The van der Waals surface area contributed by atoms with Crippen molar-refractivity contribution in [2.45, 2.75) is 30.9 Å². The normalized spacial score (nSPS) is 29.2. The van der Waals surface area contributed by atoms with Gasteiger partial charge in [0.05, 0.1) is 5.92 Å². The van der Waals surface area contributed by atoms with Crippen LogP contribution in [0.4, 0.5) is 0 Å². The number of thiophene rings is 1. The van der Waals surface area contributed by atoms with Crippen molar-refractivity contribution < 1.29 is 14.7 Å². The summed E-state index contributed by atoms with van der Waals surface area (Å²) in [6.45, 7) is 1.44. The van der Waals surface area contributed by atoms with Crippen LogP contribution in [0, 0.1) is 11.3 Å². The van der Waals surface area contributed by atoms with Crippen LogP contribution in [0.25, 0.3) is 0 Å². The lowest BCUT2D eigenvalue weighted by Gasteiger charge is -2.35. The third-order valence-electron chi connectivity index (χ3n) is 5.46. The Labute approximate surface area is 137 Å². The van der Waals surface area contributed by atoms with E-state index in [0.717, 1.165) is 44.5 Å². The summed E-state index contributed by atoms with van der Waals surface area (Å²) < 4.78 is 0. The van der Waals surface area contributed by atoms with Crippen LogP contribution >= 0.6 is 23.1 Å². The number of aryl methyl sites for hydroxylation is 1. The van der Waals surface area contributed by atoms with Crippen LogP contribution in [-0.2, 0) is 16.0 Å². The van der Waals surface area contributed by atoms with E-state index in [1.165, 1.54) is 10.4 Å². The first-order valence-electron chi connectivity index (χ1n) is 7.80. The molecule has 118 valence electrons. The Morgan fingerprint density at radius 1 is 1.32 bits per heavy atom. The molecule has 0 aromatic carbocycles. The van der Waals surface area contributed by atoms with Crippen LogP contribution < -0.4 is 0 Å². The third-order valence-corrected chi connectivity index (χ3v) is 7.68. The fraction of sp³-hybridized carbons (Fsp3) is 0.625. The van der Waals surface area contributed by atoms with Crippen molar-refractivity contribution in [2.24, 2.45) is 11.3 Å². The van der Waals surface area contributed by atoms with Crippen molar-refractivity contribution in [1.29, 1.82) is 0 Å². The molecule has 4 nitrogen and oxygen atoms in total. The molecule has 1 saturated carbocycles. The molecule has 1 saturated heterocycles. The molecule has 1 aliphatic carbocycles. The highest BCUT2D eigenvalue weighted by atomic mass is 32.2. The standard InChI is InChI=1S/C16H19NO3S2/c18-14(13-10-1-7-21-12(10)2-8-22-13)17-5-3-16(4-6-17)9-11(16)15(19)20/h1,7,11,13H,2-6,8-9H2,(H,19,20). The van der Waals surface area contributed by atoms with Crippen molar-refractivity contribution in [3.05, 3.63) is 21.9 Å². The molecule has 3 heterocycles. The molecule has 2 atom stereocenters. The summed E-state index contributed by atoms with van der Waals surface area (Å²) in [5.41, 5.74) is 1.21. The van der Waals surface area contributed by atoms with Gasteiger partial charge in [-0.1, -0.05) is 0 Å². The summed E-state index contributed by atoms with van der Waals surface area (Å²) in [6.07, 6.45) is 3.58. The van der Waals surface area contributed by atoms with Crippen LogP contribution in [0.2, 0.25) is 0 Å². The lowest BCUT2D eigenvalue weighted by Crippen LogP contribution is -2.42. The number of thioether (sulfide) groups is 1. The monoisotopic (exact) mass is 337 g/mol.